The van der Waals surface area contributed by atoms with Gasteiger partial charge in [-0.15, -0.1) is 0 Å². The molecule has 3 heteroatoms. The normalized spacial score (nSPS) is 17.9. The number of halogens is 1. The molecule has 1 aromatic carbocycles. The maximum atomic E-state index is 13.1. The first-order valence-electron chi connectivity index (χ1n) is 5.58. The van der Waals surface area contributed by atoms with Gasteiger partial charge in [0.05, 0.1) is 0 Å². The van der Waals surface area contributed by atoms with Crippen LogP contribution in [-0.2, 0) is 0 Å². The quantitative estimate of drug-likeness (QED) is 0.797. The standard InChI is InChI=1S/C13H16FNO/c1-9-3-4-10(14)7-11(9)12(16)8-13(15)5-2-6-13/h3-4,7H,2,5-6,8,15H2,1H3. The first-order valence-corrected chi connectivity index (χ1v) is 5.58. The van der Waals surface area contributed by atoms with Crippen LogP contribution in [0.3, 0.4) is 0 Å². The van der Waals surface area contributed by atoms with Gasteiger partial charge in [-0.2, -0.15) is 0 Å². The lowest BCUT2D eigenvalue weighted by Gasteiger charge is -2.37. The van der Waals surface area contributed by atoms with Crippen molar-refractivity contribution in [3.8, 4) is 0 Å². The van der Waals surface area contributed by atoms with E-state index in [4.69, 9.17) is 5.73 Å². The van der Waals surface area contributed by atoms with Gasteiger partial charge in [0, 0.05) is 17.5 Å². The van der Waals surface area contributed by atoms with Crippen molar-refractivity contribution in [2.45, 2.75) is 38.1 Å². The number of rotatable bonds is 3. The molecule has 0 spiro atoms. The van der Waals surface area contributed by atoms with Crippen molar-refractivity contribution in [3.05, 3.63) is 35.1 Å². The van der Waals surface area contributed by atoms with E-state index in [0.717, 1.165) is 24.8 Å². The highest BCUT2D eigenvalue weighted by Gasteiger charge is 2.35. The zero-order valence-corrected chi connectivity index (χ0v) is 9.42. The van der Waals surface area contributed by atoms with Crippen LogP contribution in [0.15, 0.2) is 18.2 Å². The highest BCUT2D eigenvalue weighted by Crippen LogP contribution is 2.33. The van der Waals surface area contributed by atoms with Crippen molar-refractivity contribution in [2.75, 3.05) is 0 Å². The molecule has 2 nitrogen and oxygen atoms in total. The zero-order valence-electron chi connectivity index (χ0n) is 9.42. The molecule has 0 aliphatic heterocycles. The van der Waals surface area contributed by atoms with E-state index in [1.807, 2.05) is 6.92 Å². The lowest BCUT2D eigenvalue weighted by Crippen LogP contribution is -2.48. The highest BCUT2D eigenvalue weighted by atomic mass is 19.1. The number of hydrogen-bond acceptors (Lipinski definition) is 2. The van der Waals surface area contributed by atoms with E-state index in [1.54, 1.807) is 6.07 Å². The van der Waals surface area contributed by atoms with Gasteiger partial charge < -0.3 is 5.73 Å². The number of carbonyl (C=O) groups is 1. The van der Waals surface area contributed by atoms with Gasteiger partial charge in [-0.1, -0.05) is 6.07 Å². The molecular formula is C13H16FNO. The molecule has 0 aromatic heterocycles. The van der Waals surface area contributed by atoms with E-state index < -0.39 is 0 Å². The Morgan fingerprint density at radius 3 is 2.75 bits per heavy atom. The van der Waals surface area contributed by atoms with Crippen molar-refractivity contribution in [3.63, 3.8) is 0 Å². The molecule has 0 radical (unpaired) electrons. The molecule has 0 unspecified atom stereocenters. The SMILES string of the molecule is Cc1ccc(F)cc1C(=O)CC1(N)CCC1. The number of ketones is 1. The third kappa shape index (κ3) is 2.14. The molecule has 0 bridgehead atoms. The summed E-state index contributed by atoms with van der Waals surface area (Å²) in [6.45, 7) is 1.82. The summed E-state index contributed by atoms with van der Waals surface area (Å²) >= 11 is 0. The minimum atomic E-state index is -0.367. The van der Waals surface area contributed by atoms with Gasteiger partial charge in [0.25, 0.3) is 0 Å². The average molecular weight is 221 g/mol. The van der Waals surface area contributed by atoms with Crippen molar-refractivity contribution in [2.24, 2.45) is 5.73 Å². The molecule has 1 fully saturated rings. The van der Waals surface area contributed by atoms with Crippen LogP contribution < -0.4 is 5.73 Å². The van der Waals surface area contributed by atoms with Crippen LogP contribution >= 0.6 is 0 Å². The summed E-state index contributed by atoms with van der Waals surface area (Å²) < 4.78 is 13.1. The maximum Gasteiger partial charge on any atom is 0.165 e. The predicted octanol–water partition coefficient (Wildman–Crippen LogP) is 2.59. The Labute approximate surface area is 94.6 Å². The molecule has 16 heavy (non-hydrogen) atoms. The summed E-state index contributed by atoms with van der Waals surface area (Å²) in [7, 11) is 0. The van der Waals surface area contributed by atoms with E-state index in [1.165, 1.54) is 12.1 Å². The molecule has 2 N–H and O–H groups in total. The molecule has 2 rings (SSSR count). The van der Waals surface area contributed by atoms with Gasteiger partial charge in [0.1, 0.15) is 5.82 Å². The zero-order chi connectivity index (χ0) is 11.8. The Hall–Kier alpha value is -1.22. The average Bonchev–Trinajstić information content (AvgIpc) is 2.19. The number of Topliss-reactive ketones (excluding diaryl/α,β-unsaturated/α-hetero) is 1. The third-order valence-corrected chi connectivity index (χ3v) is 3.36. The Balaban J connectivity index is 2.17. The Morgan fingerprint density at radius 2 is 2.19 bits per heavy atom. The van der Waals surface area contributed by atoms with E-state index in [-0.39, 0.29) is 17.1 Å². The minimum absolute atomic E-state index is 0.0424. The summed E-state index contributed by atoms with van der Waals surface area (Å²) in [6, 6.07) is 4.31. The monoisotopic (exact) mass is 221 g/mol. The van der Waals surface area contributed by atoms with Gasteiger partial charge in [-0.3, -0.25) is 4.79 Å². The van der Waals surface area contributed by atoms with Gasteiger partial charge in [-0.05, 0) is 43.9 Å². The Kier molecular flexibility index (Phi) is 2.80. The summed E-state index contributed by atoms with van der Waals surface area (Å²) in [5, 5.41) is 0. The second kappa shape index (κ2) is 3.98. The largest absolute Gasteiger partial charge is 0.325 e. The second-order valence-electron chi connectivity index (χ2n) is 4.78. The molecule has 1 aliphatic rings. The molecule has 1 aliphatic carbocycles. The van der Waals surface area contributed by atoms with Crippen molar-refractivity contribution in [1.29, 1.82) is 0 Å². The smallest absolute Gasteiger partial charge is 0.165 e. The van der Waals surface area contributed by atoms with Gasteiger partial charge >= 0.3 is 0 Å². The molecule has 0 atom stereocenters. The van der Waals surface area contributed by atoms with Gasteiger partial charge in [-0.25, -0.2) is 4.39 Å². The van der Waals surface area contributed by atoms with Crippen LogP contribution in [0.25, 0.3) is 0 Å². The number of hydrogen-bond donors (Lipinski definition) is 1. The minimum Gasteiger partial charge on any atom is -0.325 e. The van der Waals surface area contributed by atoms with Crippen LogP contribution in [0, 0.1) is 12.7 Å². The van der Waals surface area contributed by atoms with Crippen molar-refractivity contribution >= 4 is 5.78 Å². The lowest BCUT2D eigenvalue weighted by molar-refractivity contribution is 0.0911. The van der Waals surface area contributed by atoms with E-state index >= 15 is 0 Å². The van der Waals surface area contributed by atoms with E-state index in [0.29, 0.717) is 12.0 Å². The second-order valence-corrected chi connectivity index (χ2v) is 4.78. The maximum absolute atomic E-state index is 13.1. The topological polar surface area (TPSA) is 43.1 Å². The highest BCUT2D eigenvalue weighted by molar-refractivity contribution is 5.98. The molecule has 1 aromatic rings. The number of carbonyl (C=O) groups excluding carboxylic acids is 1. The van der Waals surface area contributed by atoms with Crippen LogP contribution in [0.1, 0.15) is 41.6 Å². The van der Waals surface area contributed by atoms with Crippen molar-refractivity contribution < 1.29 is 9.18 Å². The first-order chi connectivity index (χ1) is 7.50. The Morgan fingerprint density at radius 1 is 1.50 bits per heavy atom. The summed E-state index contributed by atoms with van der Waals surface area (Å²) in [5.41, 5.74) is 6.96. The third-order valence-electron chi connectivity index (χ3n) is 3.36. The molecule has 1 saturated carbocycles. The summed E-state index contributed by atoms with van der Waals surface area (Å²) in [5.74, 6) is -0.409. The summed E-state index contributed by atoms with van der Waals surface area (Å²) in [4.78, 5) is 12.0. The van der Waals surface area contributed by atoms with Crippen LogP contribution in [0.5, 0.6) is 0 Å². The van der Waals surface area contributed by atoms with E-state index in [9.17, 15) is 9.18 Å². The fourth-order valence-corrected chi connectivity index (χ4v) is 2.12. The van der Waals surface area contributed by atoms with Crippen molar-refractivity contribution in [1.82, 2.24) is 0 Å². The first kappa shape index (κ1) is 11.3. The molecule has 0 heterocycles. The molecule has 0 amide bonds. The fraction of sp³-hybridized carbons (Fsp3) is 0.462. The lowest BCUT2D eigenvalue weighted by atomic mass is 9.73. The molecule has 86 valence electrons. The van der Waals surface area contributed by atoms with Crippen LogP contribution in [0.2, 0.25) is 0 Å². The van der Waals surface area contributed by atoms with Crippen LogP contribution in [0.4, 0.5) is 4.39 Å². The Bertz CT molecular complexity index is 424. The number of nitrogens with two attached hydrogens (primary N) is 1. The fourth-order valence-electron chi connectivity index (χ4n) is 2.12. The predicted molar refractivity (Wildman–Crippen MR) is 60.9 cm³/mol. The number of aryl methyl sites for hydroxylation is 1. The molecular weight excluding hydrogens is 205 g/mol. The van der Waals surface area contributed by atoms with E-state index in [2.05, 4.69) is 0 Å². The molecule has 0 saturated heterocycles. The van der Waals surface area contributed by atoms with Gasteiger partial charge in [0.15, 0.2) is 5.78 Å². The van der Waals surface area contributed by atoms with Crippen LogP contribution in [-0.4, -0.2) is 11.3 Å². The summed E-state index contributed by atoms with van der Waals surface area (Å²) in [6.07, 6.45) is 3.21. The number of benzene rings is 1. The van der Waals surface area contributed by atoms with Gasteiger partial charge in [0.2, 0.25) is 0 Å².